The summed E-state index contributed by atoms with van der Waals surface area (Å²) in [5, 5.41) is 13.6. The van der Waals surface area contributed by atoms with Gasteiger partial charge in [0.25, 0.3) is 5.91 Å². The number of rotatable bonds is 3. The molecule has 0 radical (unpaired) electrons. The molecule has 0 atom stereocenters. The lowest BCUT2D eigenvalue weighted by Crippen LogP contribution is -2.43. The highest BCUT2D eigenvalue weighted by molar-refractivity contribution is 6.05. The summed E-state index contributed by atoms with van der Waals surface area (Å²) >= 11 is 0. The SMILES string of the molecule is O=C(Nc1ccc(N2CCNCC2)nc1)c1cc2ccc(C(F)(F)F)cc2[nH]1.O=C(O)C(F)(F)F. The number of aromatic nitrogens is 2. The maximum absolute atomic E-state index is 12.8. The number of benzene rings is 1. The fourth-order valence-corrected chi connectivity index (χ4v) is 3.17. The average Bonchev–Trinajstić information content (AvgIpc) is 3.23. The number of nitrogens with one attached hydrogen (secondary N) is 3. The number of fused-ring (bicyclic) bond motifs is 1. The van der Waals surface area contributed by atoms with Crippen LogP contribution in [-0.2, 0) is 11.0 Å². The van der Waals surface area contributed by atoms with Crippen LogP contribution in [0.1, 0.15) is 16.1 Å². The first-order valence-electron chi connectivity index (χ1n) is 10.1. The van der Waals surface area contributed by atoms with Crippen LogP contribution in [0.25, 0.3) is 10.9 Å². The number of piperazine rings is 1. The molecule has 1 aliphatic rings. The van der Waals surface area contributed by atoms with Crippen LogP contribution in [-0.4, -0.2) is 59.3 Å². The summed E-state index contributed by atoms with van der Waals surface area (Å²) in [6.07, 6.45) is -7.95. The van der Waals surface area contributed by atoms with Gasteiger partial charge in [-0.3, -0.25) is 4.79 Å². The number of carbonyl (C=O) groups excluding carboxylic acids is 1. The highest BCUT2D eigenvalue weighted by atomic mass is 19.4. The van der Waals surface area contributed by atoms with Crippen LogP contribution in [0.3, 0.4) is 0 Å². The Morgan fingerprint density at radius 2 is 1.66 bits per heavy atom. The van der Waals surface area contributed by atoms with E-state index in [1.807, 2.05) is 6.07 Å². The number of pyridine rings is 1. The molecule has 0 saturated carbocycles. The van der Waals surface area contributed by atoms with Gasteiger partial charge in [0.2, 0.25) is 0 Å². The van der Waals surface area contributed by atoms with Crippen molar-refractivity contribution in [3.05, 3.63) is 53.9 Å². The van der Waals surface area contributed by atoms with Gasteiger partial charge in [0.05, 0.1) is 17.4 Å². The third-order valence-corrected chi connectivity index (χ3v) is 4.88. The molecule has 1 amide bonds. The number of nitrogens with zero attached hydrogens (tertiary/aromatic N) is 2. The summed E-state index contributed by atoms with van der Waals surface area (Å²) in [4.78, 5) is 30.6. The van der Waals surface area contributed by atoms with Gasteiger partial charge < -0.3 is 25.6 Å². The minimum atomic E-state index is -5.08. The van der Waals surface area contributed by atoms with Crippen LogP contribution in [0.5, 0.6) is 0 Å². The first-order chi connectivity index (χ1) is 16.3. The topological polar surface area (TPSA) is 110 Å². The number of halogens is 6. The predicted octanol–water partition coefficient (Wildman–Crippen LogP) is 3.88. The van der Waals surface area contributed by atoms with E-state index in [1.54, 1.807) is 12.3 Å². The number of aromatic amines is 1. The number of carbonyl (C=O) groups is 2. The van der Waals surface area contributed by atoms with Crippen LogP contribution in [0.4, 0.5) is 37.8 Å². The fourth-order valence-electron chi connectivity index (χ4n) is 3.17. The molecule has 0 aliphatic carbocycles. The van der Waals surface area contributed by atoms with Crippen molar-refractivity contribution >= 4 is 34.3 Å². The van der Waals surface area contributed by atoms with Gasteiger partial charge >= 0.3 is 18.3 Å². The molecule has 4 rings (SSSR count). The van der Waals surface area contributed by atoms with E-state index in [9.17, 15) is 31.1 Å². The Hall–Kier alpha value is -3.81. The monoisotopic (exact) mass is 503 g/mol. The largest absolute Gasteiger partial charge is 0.490 e. The highest BCUT2D eigenvalue weighted by Crippen LogP contribution is 2.31. The molecule has 2 aromatic heterocycles. The Labute approximate surface area is 193 Å². The molecule has 0 spiro atoms. The number of carboxylic acid groups (broad SMARTS) is 1. The average molecular weight is 503 g/mol. The number of hydrogen-bond donors (Lipinski definition) is 4. The number of amides is 1. The molecule has 8 nitrogen and oxygen atoms in total. The summed E-state index contributed by atoms with van der Waals surface area (Å²) in [5.74, 6) is -2.36. The lowest BCUT2D eigenvalue weighted by molar-refractivity contribution is -0.192. The molecule has 3 aromatic rings. The molecule has 0 unspecified atom stereocenters. The molecular weight excluding hydrogens is 484 g/mol. The van der Waals surface area contributed by atoms with Crippen LogP contribution in [0.15, 0.2) is 42.6 Å². The molecule has 188 valence electrons. The zero-order chi connectivity index (χ0) is 25.8. The zero-order valence-corrected chi connectivity index (χ0v) is 17.8. The molecule has 1 saturated heterocycles. The second-order valence-corrected chi connectivity index (χ2v) is 7.38. The standard InChI is InChI=1S/C19H18F3N5O.C2HF3O2/c20-19(21,22)13-2-1-12-9-16(26-15(12)10-13)18(28)25-14-3-4-17(24-11-14)27-7-5-23-6-8-27;3-2(4,5)1(6)7/h1-4,9-11,23,26H,5-8H2,(H,25,28);(H,6,7). The second-order valence-electron chi connectivity index (χ2n) is 7.38. The minimum Gasteiger partial charge on any atom is -0.475 e. The van der Waals surface area contributed by atoms with Gasteiger partial charge in [-0.1, -0.05) is 6.07 Å². The van der Waals surface area contributed by atoms with Gasteiger partial charge in [0.1, 0.15) is 11.5 Å². The van der Waals surface area contributed by atoms with E-state index in [0.29, 0.717) is 11.1 Å². The van der Waals surface area contributed by atoms with Crippen molar-refractivity contribution in [3.8, 4) is 0 Å². The van der Waals surface area contributed by atoms with Crippen molar-refractivity contribution in [2.24, 2.45) is 0 Å². The maximum Gasteiger partial charge on any atom is 0.490 e. The van der Waals surface area contributed by atoms with Crippen molar-refractivity contribution in [3.63, 3.8) is 0 Å². The Balaban J connectivity index is 0.000000429. The number of carboxylic acids is 1. The smallest absolute Gasteiger partial charge is 0.475 e. The summed E-state index contributed by atoms with van der Waals surface area (Å²) in [7, 11) is 0. The van der Waals surface area contributed by atoms with E-state index in [-0.39, 0.29) is 11.2 Å². The molecular formula is C21H19F6N5O3. The molecule has 1 aliphatic heterocycles. The van der Waals surface area contributed by atoms with E-state index in [0.717, 1.165) is 44.1 Å². The van der Waals surface area contributed by atoms with E-state index in [4.69, 9.17) is 9.90 Å². The maximum atomic E-state index is 12.8. The Morgan fingerprint density at radius 3 is 2.20 bits per heavy atom. The molecule has 4 N–H and O–H groups in total. The second kappa shape index (κ2) is 10.2. The number of H-pyrrole nitrogens is 1. The van der Waals surface area contributed by atoms with E-state index >= 15 is 0 Å². The molecule has 0 bridgehead atoms. The lowest BCUT2D eigenvalue weighted by Gasteiger charge is -2.28. The van der Waals surface area contributed by atoms with Crippen LogP contribution in [0, 0.1) is 0 Å². The van der Waals surface area contributed by atoms with E-state index < -0.39 is 29.8 Å². The zero-order valence-electron chi connectivity index (χ0n) is 17.8. The number of anilines is 2. The molecule has 1 aromatic carbocycles. The predicted molar refractivity (Wildman–Crippen MR) is 114 cm³/mol. The highest BCUT2D eigenvalue weighted by Gasteiger charge is 2.38. The van der Waals surface area contributed by atoms with Crippen molar-refractivity contribution in [2.45, 2.75) is 12.4 Å². The Kier molecular flexibility index (Phi) is 7.53. The summed E-state index contributed by atoms with van der Waals surface area (Å²) in [6.45, 7) is 3.54. The van der Waals surface area contributed by atoms with Crippen molar-refractivity contribution < 1.29 is 41.0 Å². The van der Waals surface area contributed by atoms with Crippen molar-refractivity contribution in [1.29, 1.82) is 0 Å². The van der Waals surface area contributed by atoms with Gasteiger partial charge in [-0.25, -0.2) is 9.78 Å². The van der Waals surface area contributed by atoms with E-state index in [2.05, 4.69) is 25.5 Å². The number of aliphatic carboxylic acids is 1. The van der Waals surface area contributed by atoms with Gasteiger partial charge in [-0.05, 0) is 30.3 Å². The van der Waals surface area contributed by atoms with Crippen molar-refractivity contribution in [1.82, 2.24) is 15.3 Å². The van der Waals surface area contributed by atoms with Gasteiger partial charge in [0, 0.05) is 37.1 Å². The van der Waals surface area contributed by atoms with Crippen LogP contribution in [0.2, 0.25) is 0 Å². The van der Waals surface area contributed by atoms with Gasteiger partial charge in [-0.2, -0.15) is 26.3 Å². The van der Waals surface area contributed by atoms with Gasteiger partial charge in [-0.15, -0.1) is 0 Å². The number of hydrogen-bond acceptors (Lipinski definition) is 5. The quantitative estimate of drug-likeness (QED) is 0.404. The summed E-state index contributed by atoms with van der Waals surface area (Å²) in [6, 6.07) is 8.45. The van der Waals surface area contributed by atoms with E-state index in [1.165, 1.54) is 12.1 Å². The molecule has 3 heterocycles. The molecule has 35 heavy (non-hydrogen) atoms. The first-order valence-corrected chi connectivity index (χ1v) is 10.1. The third-order valence-electron chi connectivity index (χ3n) is 4.88. The normalized spacial score (nSPS) is 14.3. The minimum absolute atomic E-state index is 0.181. The fraction of sp³-hybridized carbons (Fsp3) is 0.286. The first kappa shape index (κ1) is 25.8. The third kappa shape index (κ3) is 6.85. The molecule has 14 heteroatoms. The van der Waals surface area contributed by atoms with Crippen molar-refractivity contribution in [2.75, 3.05) is 36.4 Å². The van der Waals surface area contributed by atoms with Gasteiger partial charge in [0.15, 0.2) is 0 Å². The van der Waals surface area contributed by atoms with Crippen LogP contribution >= 0.6 is 0 Å². The summed E-state index contributed by atoms with van der Waals surface area (Å²) in [5.41, 5.74) is 0.188. The van der Waals surface area contributed by atoms with Crippen LogP contribution < -0.4 is 15.5 Å². The number of alkyl halides is 6. The Bertz CT molecular complexity index is 1180. The molecule has 1 fully saturated rings. The summed E-state index contributed by atoms with van der Waals surface area (Å²) < 4.78 is 70.2. The Morgan fingerprint density at radius 1 is 1.00 bits per heavy atom. The lowest BCUT2D eigenvalue weighted by atomic mass is 10.1.